The van der Waals surface area contributed by atoms with E-state index >= 15 is 4.79 Å². The molecule has 3 heterocycles. The number of cyclic esters (lactones) is 1. The van der Waals surface area contributed by atoms with Crippen molar-refractivity contribution >= 4 is 29.6 Å². The summed E-state index contributed by atoms with van der Waals surface area (Å²) in [6.45, 7) is 1.81. The van der Waals surface area contributed by atoms with Gasteiger partial charge in [-0.1, -0.05) is 121 Å². The molecule has 3 amide bonds. The molecule has 1 aliphatic carbocycles. The van der Waals surface area contributed by atoms with Gasteiger partial charge in [0, 0.05) is 5.56 Å². The Balaban J connectivity index is 1.31. The van der Waals surface area contributed by atoms with E-state index in [-0.39, 0.29) is 17.0 Å². The molecule has 1 spiro atoms. The molecule has 0 bridgehead atoms. The summed E-state index contributed by atoms with van der Waals surface area (Å²) in [6.07, 6.45) is 5.13. The smallest absolute Gasteiger partial charge is 0.329 e. The van der Waals surface area contributed by atoms with Crippen molar-refractivity contribution in [3.63, 3.8) is 0 Å². The second kappa shape index (κ2) is 15.7. The van der Waals surface area contributed by atoms with Gasteiger partial charge in [0.2, 0.25) is 5.91 Å². The first-order valence-corrected chi connectivity index (χ1v) is 20.3. The molecule has 5 aromatic carbocycles. The number of rotatable bonds is 6. The Bertz CT molecular complexity index is 2570. The lowest BCUT2D eigenvalue weighted by molar-refractivity contribution is -0.179. The van der Waals surface area contributed by atoms with Crippen molar-refractivity contribution in [2.24, 2.45) is 5.92 Å². The van der Waals surface area contributed by atoms with E-state index in [1.807, 2.05) is 103 Å². The number of phenolic OH excluding ortho intramolecular Hbond substituents is 1. The number of allylic oxidation sites excluding steroid dienone is 2. The SMILES string of the molecule is CC(NC(=O)N1C(=O)C2(c3cc(C#CC4=CCCCC4)ccc31)C(C(=O)O)C1C(=O)OC(c3ccccc3)C(c3ccccc3)N1C2c1ccc(O)cc1)c1ccccc1. The van der Waals surface area contributed by atoms with E-state index in [0.717, 1.165) is 47.3 Å². The Morgan fingerprint density at radius 1 is 0.800 bits per heavy atom. The molecule has 7 atom stereocenters. The molecule has 3 aliphatic heterocycles. The van der Waals surface area contributed by atoms with Crippen molar-refractivity contribution in [1.29, 1.82) is 0 Å². The quantitative estimate of drug-likeness (QED) is 0.115. The minimum atomic E-state index is -2.09. The van der Waals surface area contributed by atoms with Crippen molar-refractivity contribution in [3.8, 4) is 17.6 Å². The molecule has 10 nitrogen and oxygen atoms in total. The largest absolute Gasteiger partial charge is 0.508 e. The molecule has 2 saturated heterocycles. The maximum absolute atomic E-state index is 16.0. The van der Waals surface area contributed by atoms with Gasteiger partial charge in [-0.25, -0.2) is 9.69 Å². The molecule has 4 aliphatic rings. The third-order valence-corrected chi connectivity index (χ3v) is 12.4. The summed E-state index contributed by atoms with van der Waals surface area (Å²) in [5.41, 5.74) is 2.57. The van der Waals surface area contributed by atoms with E-state index in [2.05, 4.69) is 23.2 Å². The first-order chi connectivity index (χ1) is 29.2. The summed E-state index contributed by atoms with van der Waals surface area (Å²) in [5.74, 6) is 1.77. The van der Waals surface area contributed by atoms with Gasteiger partial charge < -0.3 is 20.3 Å². The average molecular weight is 798 g/mol. The number of nitrogens with zero attached hydrogens (tertiary/aromatic N) is 2. The zero-order valence-electron chi connectivity index (χ0n) is 32.9. The lowest BCUT2D eigenvalue weighted by Gasteiger charge is -2.46. The fourth-order valence-electron chi connectivity index (χ4n) is 9.80. The molecule has 7 unspecified atom stereocenters. The van der Waals surface area contributed by atoms with Crippen molar-refractivity contribution in [2.45, 2.75) is 68.3 Å². The molecule has 10 heteroatoms. The highest BCUT2D eigenvalue weighted by Gasteiger charge is 2.76. The molecule has 300 valence electrons. The number of benzene rings is 5. The van der Waals surface area contributed by atoms with Gasteiger partial charge in [0.1, 0.15) is 29.2 Å². The Hall–Kier alpha value is -6.96. The van der Waals surface area contributed by atoms with Crippen LogP contribution in [0.15, 0.2) is 145 Å². The number of amides is 3. The van der Waals surface area contributed by atoms with Crippen molar-refractivity contribution in [1.82, 2.24) is 10.2 Å². The lowest BCUT2D eigenvalue weighted by Crippen LogP contribution is -2.54. The number of morpholine rings is 1. The number of carbonyl (C=O) groups excluding carboxylic acids is 3. The van der Waals surface area contributed by atoms with Crippen molar-refractivity contribution < 1.29 is 34.1 Å². The van der Waals surface area contributed by atoms with Crippen LogP contribution in [0, 0.1) is 17.8 Å². The average Bonchev–Trinajstić information content (AvgIpc) is 3.73. The molecule has 0 radical (unpaired) electrons. The van der Waals surface area contributed by atoms with Crippen LogP contribution >= 0.6 is 0 Å². The van der Waals surface area contributed by atoms with Crippen LogP contribution in [0.25, 0.3) is 0 Å². The molecule has 0 saturated carbocycles. The number of ether oxygens (including phenoxy) is 1. The molecule has 5 aromatic rings. The van der Waals surface area contributed by atoms with Crippen molar-refractivity contribution in [2.75, 3.05) is 4.90 Å². The molecule has 0 aromatic heterocycles. The van der Waals surface area contributed by atoms with Gasteiger partial charge in [-0.05, 0) is 96.3 Å². The number of phenols is 1. The van der Waals surface area contributed by atoms with Crippen LogP contribution in [0.3, 0.4) is 0 Å². The van der Waals surface area contributed by atoms with Crippen LogP contribution in [0.1, 0.15) is 90.2 Å². The number of esters is 1. The van der Waals surface area contributed by atoms with Gasteiger partial charge in [-0.15, -0.1) is 0 Å². The summed E-state index contributed by atoms with van der Waals surface area (Å²) in [6, 6.07) is 34.6. The summed E-state index contributed by atoms with van der Waals surface area (Å²) in [5, 5.41) is 25.1. The number of nitrogens with one attached hydrogen (secondary N) is 1. The minimum Gasteiger partial charge on any atom is -0.508 e. The molecule has 3 N–H and O–H groups in total. The topological polar surface area (TPSA) is 136 Å². The number of carboxylic acid groups (broad SMARTS) is 1. The molecular weight excluding hydrogens is 755 g/mol. The fourth-order valence-corrected chi connectivity index (χ4v) is 9.80. The van der Waals surface area contributed by atoms with E-state index in [1.165, 1.54) is 12.1 Å². The predicted octanol–water partition coefficient (Wildman–Crippen LogP) is 8.47. The number of urea groups is 1. The molecular formula is C50H43N3O7. The highest BCUT2D eigenvalue weighted by Crippen LogP contribution is 2.66. The number of aromatic hydroxyl groups is 1. The normalized spacial score (nSPS) is 25.0. The van der Waals surface area contributed by atoms with Gasteiger partial charge in [0.15, 0.2) is 0 Å². The summed E-state index contributed by atoms with van der Waals surface area (Å²) < 4.78 is 6.35. The van der Waals surface area contributed by atoms with E-state index in [9.17, 15) is 24.6 Å². The molecule has 9 rings (SSSR count). The Morgan fingerprint density at radius 2 is 1.47 bits per heavy atom. The summed E-state index contributed by atoms with van der Waals surface area (Å²) >= 11 is 0. The van der Waals surface area contributed by atoms with Crippen LogP contribution < -0.4 is 10.2 Å². The van der Waals surface area contributed by atoms with Gasteiger partial charge in [-0.3, -0.25) is 19.3 Å². The Morgan fingerprint density at radius 3 is 2.12 bits per heavy atom. The first-order valence-electron chi connectivity index (χ1n) is 20.3. The minimum absolute atomic E-state index is 0.0411. The highest BCUT2D eigenvalue weighted by atomic mass is 16.6. The van der Waals surface area contributed by atoms with Crippen LogP contribution in [0.4, 0.5) is 10.5 Å². The number of aliphatic carboxylic acids is 1. The van der Waals surface area contributed by atoms with E-state index in [4.69, 9.17) is 4.74 Å². The second-order valence-corrected chi connectivity index (χ2v) is 15.9. The van der Waals surface area contributed by atoms with Gasteiger partial charge in [-0.2, -0.15) is 0 Å². The standard InChI is InChI=1S/C50H43N3O7/c1-31(34-16-8-3-9-17-34)51-49(59)52-40-29-24-33(23-22-32-14-6-2-7-15-32)30-39(40)50(48(52)58)41(46(55)56)43-47(57)60-44(36-20-12-5-13-21-36)42(35-18-10-4-11-19-35)53(43)45(50)37-25-27-38(54)28-26-37/h3-5,8-14,16-21,24-31,41-45,54H,2,6-7,15H2,1H3,(H,51,59)(H,55,56). The number of fused-ring (bicyclic) bond motifs is 3. The predicted molar refractivity (Wildman–Crippen MR) is 224 cm³/mol. The first kappa shape index (κ1) is 38.6. The highest BCUT2D eigenvalue weighted by molar-refractivity contribution is 6.24. The van der Waals surface area contributed by atoms with Gasteiger partial charge in [0.25, 0.3) is 0 Å². The van der Waals surface area contributed by atoms with Crippen LogP contribution in [0.5, 0.6) is 5.75 Å². The van der Waals surface area contributed by atoms with E-state index < -0.39 is 65.5 Å². The van der Waals surface area contributed by atoms with E-state index in [0.29, 0.717) is 16.7 Å². The second-order valence-electron chi connectivity index (χ2n) is 15.9. The zero-order valence-corrected chi connectivity index (χ0v) is 32.9. The molecule has 2 fully saturated rings. The van der Waals surface area contributed by atoms with E-state index in [1.54, 1.807) is 30.3 Å². The van der Waals surface area contributed by atoms with Gasteiger partial charge >= 0.3 is 18.0 Å². The van der Waals surface area contributed by atoms with Gasteiger partial charge in [0.05, 0.1) is 23.8 Å². The number of anilines is 1. The summed E-state index contributed by atoms with van der Waals surface area (Å²) in [7, 11) is 0. The number of carbonyl (C=O) groups is 4. The Kier molecular flexibility index (Phi) is 10.1. The van der Waals surface area contributed by atoms with Crippen LogP contribution in [-0.4, -0.2) is 45.0 Å². The number of hydrogen-bond donors (Lipinski definition) is 3. The number of carboxylic acids is 1. The third kappa shape index (κ3) is 6.42. The number of imide groups is 1. The fraction of sp³-hybridized carbons (Fsp3) is 0.240. The van der Waals surface area contributed by atoms with Crippen molar-refractivity contribution in [3.05, 3.63) is 178 Å². The van der Waals surface area contributed by atoms with Crippen LogP contribution in [-0.2, 0) is 24.5 Å². The number of hydrogen-bond acceptors (Lipinski definition) is 7. The third-order valence-electron chi connectivity index (χ3n) is 12.4. The van der Waals surface area contributed by atoms with Crippen LogP contribution in [0.2, 0.25) is 0 Å². The monoisotopic (exact) mass is 797 g/mol. The lowest BCUT2D eigenvalue weighted by atomic mass is 9.65. The molecule has 60 heavy (non-hydrogen) atoms. The summed E-state index contributed by atoms with van der Waals surface area (Å²) in [4.78, 5) is 62.6. The Labute approximate surface area is 348 Å². The maximum atomic E-state index is 16.0. The maximum Gasteiger partial charge on any atom is 0.329 e. The zero-order chi connectivity index (χ0) is 41.5.